The summed E-state index contributed by atoms with van der Waals surface area (Å²) in [5.41, 5.74) is 8.65. The minimum Gasteiger partial charge on any atom is -0.375 e. The SMILES string of the molecule is Nc1nc2c(s1)[C@@H]1CCCN(CN3CCN(c4ccccc4)CC3)[C@H]1CC2. The van der Waals surface area contributed by atoms with E-state index in [9.17, 15) is 0 Å². The van der Waals surface area contributed by atoms with Gasteiger partial charge in [0, 0.05) is 48.7 Å². The Balaban J connectivity index is 1.22. The average Bonchev–Trinajstić information content (AvgIpc) is 3.10. The molecular formula is C21H29N5S. The van der Waals surface area contributed by atoms with E-state index in [1.807, 2.05) is 0 Å². The molecule has 0 radical (unpaired) electrons. The van der Waals surface area contributed by atoms with Gasteiger partial charge in [-0.1, -0.05) is 18.2 Å². The summed E-state index contributed by atoms with van der Waals surface area (Å²) in [6.45, 7) is 6.92. The van der Waals surface area contributed by atoms with E-state index >= 15 is 0 Å². The van der Waals surface area contributed by atoms with Crippen LogP contribution in [0.15, 0.2) is 30.3 Å². The molecule has 3 heterocycles. The van der Waals surface area contributed by atoms with Crippen LogP contribution in [0.1, 0.15) is 35.8 Å². The number of nitrogen functional groups attached to an aromatic ring is 1. The molecule has 2 aromatic rings. The number of piperazine rings is 1. The van der Waals surface area contributed by atoms with Gasteiger partial charge in [-0.2, -0.15) is 0 Å². The number of likely N-dealkylation sites (tertiary alicyclic amines) is 1. The van der Waals surface area contributed by atoms with Gasteiger partial charge >= 0.3 is 0 Å². The van der Waals surface area contributed by atoms with Crippen molar-refractivity contribution in [2.75, 3.05) is 50.0 Å². The quantitative estimate of drug-likeness (QED) is 0.883. The van der Waals surface area contributed by atoms with E-state index in [1.54, 1.807) is 11.3 Å². The van der Waals surface area contributed by atoms with Crippen LogP contribution in [0.4, 0.5) is 10.8 Å². The van der Waals surface area contributed by atoms with E-state index in [4.69, 9.17) is 5.73 Å². The molecule has 144 valence electrons. The van der Waals surface area contributed by atoms with Crippen LogP contribution in [-0.2, 0) is 6.42 Å². The standard InChI is InChI=1S/C21H29N5S/c22-21-23-18-8-9-19-17(20(18)27-21)7-4-10-26(19)15-24-11-13-25(14-12-24)16-5-2-1-3-6-16/h1-3,5-6,17,19H,4,7-15H2,(H2,22,23)/t17-,19+/m1/s1. The monoisotopic (exact) mass is 383 g/mol. The Morgan fingerprint density at radius 2 is 1.85 bits per heavy atom. The molecule has 6 heteroatoms. The number of nitrogens with two attached hydrogens (primary N) is 1. The number of hydrogen-bond acceptors (Lipinski definition) is 6. The lowest BCUT2D eigenvalue weighted by atomic mass is 9.80. The summed E-state index contributed by atoms with van der Waals surface area (Å²) >= 11 is 1.74. The van der Waals surface area contributed by atoms with E-state index in [2.05, 4.69) is 50.0 Å². The van der Waals surface area contributed by atoms with Crippen molar-refractivity contribution in [1.82, 2.24) is 14.8 Å². The fourth-order valence-electron chi connectivity index (χ4n) is 5.17. The van der Waals surface area contributed by atoms with E-state index in [0.717, 1.165) is 44.4 Å². The summed E-state index contributed by atoms with van der Waals surface area (Å²) in [7, 11) is 0. The highest BCUT2D eigenvalue weighted by Gasteiger charge is 2.38. The van der Waals surface area contributed by atoms with Gasteiger partial charge in [-0.15, -0.1) is 11.3 Å². The number of nitrogens with zero attached hydrogens (tertiary/aromatic N) is 4. The third kappa shape index (κ3) is 3.46. The van der Waals surface area contributed by atoms with Gasteiger partial charge in [0.1, 0.15) is 0 Å². The largest absolute Gasteiger partial charge is 0.375 e. The zero-order valence-corrected chi connectivity index (χ0v) is 16.7. The maximum Gasteiger partial charge on any atom is 0.180 e. The van der Waals surface area contributed by atoms with Crippen LogP contribution in [0.5, 0.6) is 0 Å². The van der Waals surface area contributed by atoms with Crippen molar-refractivity contribution in [2.24, 2.45) is 0 Å². The first-order chi connectivity index (χ1) is 13.3. The number of piperidine rings is 1. The highest BCUT2D eigenvalue weighted by molar-refractivity contribution is 7.15. The van der Waals surface area contributed by atoms with Crippen molar-refractivity contribution in [1.29, 1.82) is 0 Å². The van der Waals surface area contributed by atoms with Crippen molar-refractivity contribution in [2.45, 2.75) is 37.6 Å². The molecule has 2 atom stereocenters. The van der Waals surface area contributed by atoms with Gasteiger partial charge in [0.2, 0.25) is 0 Å². The normalized spacial score (nSPS) is 26.6. The van der Waals surface area contributed by atoms with Gasteiger partial charge in [0.15, 0.2) is 5.13 Å². The van der Waals surface area contributed by atoms with Crippen molar-refractivity contribution in [3.63, 3.8) is 0 Å². The molecule has 0 bridgehead atoms. The van der Waals surface area contributed by atoms with E-state index in [1.165, 1.54) is 42.1 Å². The lowest BCUT2D eigenvalue weighted by Gasteiger charge is -2.46. The number of thiazole rings is 1. The number of aromatic nitrogens is 1. The van der Waals surface area contributed by atoms with Gasteiger partial charge in [0.25, 0.3) is 0 Å². The fourth-order valence-corrected chi connectivity index (χ4v) is 6.24. The number of benzene rings is 1. The molecule has 2 N–H and O–H groups in total. The zero-order chi connectivity index (χ0) is 18.2. The topological polar surface area (TPSA) is 48.6 Å². The smallest absolute Gasteiger partial charge is 0.180 e. The second kappa shape index (κ2) is 7.41. The molecule has 1 aromatic carbocycles. The molecule has 3 aliphatic rings. The number of aryl methyl sites for hydroxylation is 1. The Labute approximate surface area is 165 Å². The number of anilines is 2. The highest BCUT2D eigenvalue weighted by atomic mass is 32.1. The third-order valence-corrected chi connectivity index (χ3v) is 7.59. The highest BCUT2D eigenvalue weighted by Crippen LogP contribution is 2.43. The van der Waals surface area contributed by atoms with E-state index in [0.29, 0.717) is 12.0 Å². The summed E-state index contributed by atoms with van der Waals surface area (Å²) in [6.07, 6.45) is 4.94. The molecular weight excluding hydrogens is 354 g/mol. The van der Waals surface area contributed by atoms with Gasteiger partial charge in [0.05, 0.1) is 12.4 Å². The van der Waals surface area contributed by atoms with Crippen LogP contribution in [-0.4, -0.2) is 60.2 Å². The number of hydrogen-bond donors (Lipinski definition) is 1. The molecule has 0 amide bonds. The first kappa shape index (κ1) is 17.5. The molecule has 2 saturated heterocycles. The second-order valence-corrected chi connectivity index (χ2v) is 9.17. The summed E-state index contributed by atoms with van der Waals surface area (Å²) in [5.74, 6) is 0.655. The fraction of sp³-hybridized carbons (Fsp3) is 0.571. The maximum atomic E-state index is 6.01. The Morgan fingerprint density at radius 1 is 1.04 bits per heavy atom. The van der Waals surface area contributed by atoms with Crippen molar-refractivity contribution < 1.29 is 0 Å². The van der Waals surface area contributed by atoms with Crippen LogP contribution >= 0.6 is 11.3 Å². The molecule has 1 aromatic heterocycles. The Hall–Kier alpha value is -1.63. The molecule has 2 aliphatic heterocycles. The first-order valence-corrected chi connectivity index (χ1v) is 11.1. The van der Waals surface area contributed by atoms with Crippen molar-refractivity contribution in [3.05, 3.63) is 40.9 Å². The number of fused-ring (bicyclic) bond motifs is 3. The molecule has 2 fully saturated rings. The molecule has 5 rings (SSSR count). The number of rotatable bonds is 3. The molecule has 0 unspecified atom stereocenters. The van der Waals surface area contributed by atoms with Gasteiger partial charge in [-0.05, 0) is 44.4 Å². The minimum atomic E-state index is 0.655. The van der Waals surface area contributed by atoms with E-state index < -0.39 is 0 Å². The Kier molecular flexibility index (Phi) is 4.80. The van der Waals surface area contributed by atoms with Crippen LogP contribution in [0, 0.1) is 0 Å². The predicted molar refractivity (Wildman–Crippen MR) is 112 cm³/mol. The zero-order valence-electron chi connectivity index (χ0n) is 15.9. The molecule has 0 spiro atoms. The summed E-state index contributed by atoms with van der Waals surface area (Å²) < 4.78 is 0. The Morgan fingerprint density at radius 3 is 2.67 bits per heavy atom. The van der Waals surface area contributed by atoms with Crippen molar-refractivity contribution in [3.8, 4) is 0 Å². The average molecular weight is 384 g/mol. The summed E-state index contributed by atoms with van der Waals surface area (Å²) in [6, 6.07) is 11.5. The summed E-state index contributed by atoms with van der Waals surface area (Å²) in [5, 5.41) is 0.759. The Bertz CT molecular complexity index is 768. The number of para-hydroxylation sites is 1. The first-order valence-electron chi connectivity index (χ1n) is 10.3. The lowest BCUT2D eigenvalue weighted by Crippen LogP contribution is -2.54. The summed E-state index contributed by atoms with van der Waals surface area (Å²) in [4.78, 5) is 14.0. The predicted octanol–water partition coefficient (Wildman–Crippen LogP) is 3.00. The van der Waals surface area contributed by atoms with Gasteiger partial charge in [-0.3, -0.25) is 9.80 Å². The van der Waals surface area contributed by atoms with Gasteiger partial charge < -0.3 is 10.6 Å². The molecule has 0 saturated carbocycles. The molecule has 1 aliphatic carbocycles. The van der Waals surface area contributed by atoms with E-state index in [-0.39, 0.29) is 0 Å². The van der Waals surface area contributed by atoms with Crippen molar-refractivity contribution >= 4 is 22.2 Å². The minimum absolute atomic E-state index is 0.655. The lowest BCUT2D eigenvalue weighted by molar-refractivity contribution is 0.0454. The van der Waals surface area contributed by atoms with Crippen LogP contribution in [0.25, 0.3) is 0 Å². The van der Waals surface area contributed by atoms with Gasteiger partial charge in [-0.25, -0.2) is 4.98 Å². The van der Waals surface area contributed by atoms with Crippen LogP contribution in [0.3, 0.4) is 0 Å². The molecule has 27 heavy (non-hydrogen) atoms. The third-order valence-electron chi connectivity index (χ3n) is 6.53. The second-order valence-electron chi connectivity index (χ2n) is 8.11. The maximum absolute atomic E-state index is 6.01. The van der Waals surface area contributed by atoms with Crippen LogP contribution < -0.4 is 10.6 Å². The van der Waals surface area contributed by atoms with Crippen LogP contribution in [0.2, 0.25) is 0 Å². The molecule has 5 nitrogen and oxygen atoms in total.